The van der Waals surface area contributed by atoms with Crippen LogP contribution in [0.2, 0.25) is 0 Å². The number of hydrogen-bond donors (Lipinski definition) is 2. The van der Waals surface area contributed by atoms with E-state index in [1.54, 1.807) is 0 Å². The summed E-state index contributed by atoms with van der Waals surface area (Å²) in [4.78, 5) is 0. The van der Waals surface area contributed by atoms with Gasteiger partial charge in [-0.1, -0.05) is 32.6 Å². The zero-order valence-electron chi connectivity index (χ0n) is 10.8. The third-order valence-electron chi connectivity index (χ3n) is 3.16. The number of likely N-dealkylation sites (N-methyl/N-ethyl adjacent to an activating group) is 2. The molecule has 17 heavy (non-hydrogen) atoms. The van der Waals surface area contributed by atoms with E-state index in [1.807, 2.05) is 19.2 Å². The van der Waals surface area contributed by atoms with Crippen LogP contribution in [-0.2, 0) is 5.54 Å². The molecule has 1 atom stereocenters. The molecular weight excluding hydrogens is 215 g/mol. The first-order valence-electron chi connectivity index (χ1n) is 5.99. The zero-order valence-corrected chi connectivity index (χ0v) is 10.8. The summed E-state index contributed by atoms with van der Waals surface area (Å²) >= 11 is 0. The minimum atomic E-state index is -0.336. The van der Waals surface area contributed by atoms with Crippen molar-refractivity contribution < 1.29 is 4.39 Å². The van der Waals surface area contributed by atoms with Crippen LogP contribution >= 0.6 is 0 Å². The van der Waals surface area contributed by atoms with E-state index in [4.69, 9.17) is 0 Å². The second-order valence-electron chi connectivity index (χ2n) is 4.02. The highest BCUT2D eigenvalue weighted by molar-refractivity contribution is 5.33. The molecule has 1 aromatic rings. The Bertz CT molecular complexity index is 372. The average molecular weight is 236 g/mol. The van der Waals surface area contributed by atoms with Gasteiger partial charge in [-0.05, 0) is 30.7 Å². The fourth-order valence-corrected chi connectivity index (χ4v) is 2.18. The van der Waals surface area contributed by atoms with E-state index in [2.05, 4.69) is 31.1 Å². The summed E-state index contributed by atoms with van der Waals surface area (Å²) in [5.74, 6) is -0.217. The SMILES string of the molecule is C=C(NC)[C@@](CC)(NCC)c1ccc(F)cc1. The van der Waals surface area contributed by atoms with Crippen LogP contribution in [-0.4, -0.2) is 13.6 Å². The predicted molar refractivity (Wildman–Crippen MR) is 70.2 cm³/mol. The summed E-state index contributed by atoms with van der Waals surface area (Å²) < 4.78 is 13.0. The lowest BCUT2D eigenvalue weighted by atomic mass is 9.84. The molecule has 0 aliphatic rings. The van der Waals surface area contributed by atoms with Gasteiger partial charge in [0.25, 0.3) is 0 Å². The Morgan fingerprint density at radius 3 is 2.29 bits per heavy atom. The molecule has 0 amide bonds. The van der Waals surface area contributed by atoms with Gasteiger partial charge in [0.1, 0.15) is 5.82 Å². The van der Waals surface area contributed by atoms with Gasteiger partial charge >= 0.3 is 0 Å². The standard InChI is InChI=1S/C14H21FN2/c1-5-14(17-6-2,11(3)16-4)12-7-9-13(15)10-8-12/h7-10,16-17H,3,5-6H2,1-2,4H3/t14-/m1/s1. The summed E-state index contributed by atoms with van der Waals surface area (Å²) in [5, 5.41) is 6.55. The molecule has 3 heteroatoms. The largest absolute Gasteiger partial charge is 0.390 e. The first kappa shape index (κ1) is 13.7. The monoisotopic (exact) mass is 236 g/mol. The Morgan fingerprint density at radius 1 is 1.29 bits per heavy atom. The van der Waals surface area contributed by atoms with E-state index in [0.717, 1.165) is 24.2 Å². The Hall–Kier alpha value is -1.35. The molecule has 1 rings (SSSR count). The third-order valence-corrected chi connectivity index (χ3v) is 3.16. The maximum atomic E-state index is 13.0. The molecule has 2 N–H and O–H groups in total. The molecule has 0 aliphatic carbocycles. The Balaban J connectivity index is 3.20. The molecule has 0 radical (unpaired) electrons. The summed E-state index contributed by atoms with van der Waals surface area (Å²) in [6, 6.07) is 6.59. The van der Waals surface area contributed by atoms with Gasteiger partial charge < -0.3 is 10.6 Å². The molecule has 0 heterocycles. The van der Waals surface area contributed by atoms with E-state index >= 15 is 0 Å². The highest BCUT2D eigenvalue weighted by atomic mass is 19.1. The first-order chi connectivity index (χ1) is 8.10. The van der Waals surface area contributed by atoms with Crippen molar-refractivity contribution in [1.82, 2.24) is 10.6 Å². The molecule has 0 saturated carbocycles. The van der Waals surface area contributed by atoms with Crippen LogP contribution in [0.3, 0.4) is 0 Å². The van der Waals surface area contributed by atoms with E-state index in [9.17, 15) is 4.39 Å². The molecule has 0 bridgehead atoms. The lowest BCUT2D eigenvalue weighted by molar-refractivity contribution is 0.372. The molecule has 94 valence electrons. The number of rotatable bonds is 6. The van der Waals surface area contributed by atoms with Crippen LogP contribution < -0.4 is 10.6 Å². The van der Waals surface area contributed by atoms with Gasteiger partial charge in [-0.15, -0.1) is 0 Å². The van der Waals surface area contributed by atoms with E-state index in [0.29, 0.717) is 0 Å². The molecule has 0 fully saturated rings. The molecule has 0 saturated heterocycles. The van der Waals surface area contributed by atoms with Crippen LogP contribution in [0.15, 0.2) is 36.5 Å². The molecular formula is C14H21FN2. The fraction of sp³-hybridized carbons (Fsp3) is 0.429. The normalized spacial score (nSPS) is 14.1. The van der Waals surface area contributed by atoms with Gasteiger partial charge in [0, 0.05) is 12.7 Å². The average Bonchev–Trinajstić information content (AvgIpc) is 2.36. The molecule has 0 aromatic heterocycles. The van der Waals surface area contributed by atoms with Crippen molar-refractivity contribution in [1.29, 1.82) is 0 Å². The Morgan fingerprint density at radius 2 is 1.88 bits per heavy atom. The van der Waals surface area contributed by atoms with Crippen LogP contribution in [0.5, 0.6) is 0 Å². The molecule has 0 spiro atoms. The number of nitrogens with one attached hydrogen (secondary N) is 2. The minimum absolute atomic E-state index is 0.217. The van der Waals surface area contributed by atoms with Gasteiger partial charge in [0.2, 0.25) is 0 Å². The smallest absolute Gasteiger partial charge is 0.123 e. The van der Waals surface area contributed by atoms with Crippen LogP contribution in [0.4, 0.5) is 4.39 Å². The van der Waals surface area contributed by atoms with E-state index < -0.39 is 0 Å². The van der Waals surface area contributed by atoms with Crippen LogP contribution in [0, 0.1) is 5.82 Å². The summed E-state index contributed by atoms with van der Waals surface area (Å²) in [6.07, 6.45) is 0.853. The maximum Gasteiger partial charge on any atom is 0.123 e. The quantitative estimate of drug-likeness (QED) is 0.793. The number of benzene rings is 1. The van der Waals surface area contributed by atoms with E-state index in [1.165, 1.54) is 12.1 Å². The highest BCUT2D eigenvalue weighted by Gasteiger charge is 2.32. The lowest BCUT2D eigenvalue weighted by Crippen LogP contribution is -2.46. The topological polar surface area (TPSA) is 24.1 Å². The van der Waals surface area contributed by atoms with Gasteiger partial charge in [-0.2, -0.15) is 0 Å². The van der Waals surface area contributed by atoms with Gasteiger partial charge in [0.05, 0.1) is 5.54 Å². The van der Waals surface area contributed by atoms with Crippen LogP contribution in [0.1, 0.15) is 25.8 Å². The molecule has 2 nitrogen and oxygen atoms in total. The van der Waals surface area contributed by atoms with Crippen molar-refractivity contribution in [3.8, 4) is 0 Å². The van der Waals surface area contributed by atoms with Crippen molar-refractivity contribution in [2.45, 2.75) is 25.8 Å². The fourth-order valence-electron chi connectivity index (χ4n) is 2.18. The second-order valence-corrected chi connectivity index (χ2v) is 4.02. The summed E-state index contributed by atoms with van der Waals surface area (Å²) in [5.41, 5.74) is 1.59. The Labute approximate surface area is 103 Å². The van der Waals surface area contributed by atoms with Gasteiger partial charge in [-0.3, -0.25) is 0 Å². The Kier molecular flexibility index (Phi) is 4.70. The number of hydrogen-bond acceptors (Lipinski definition) is 2. The second kappa shape index (κ2) is 5.82. The van der Waals surface area contributed by atoms with E-state index in [-0.39, 0.29) is 11.4 Å². The predicted octanol–water partition coefficient (Wildman–Crippen LogP) is 2.77. The zero-order chi connectivity index (χ0) is 12.9. The van der Waals surface area contributed by atoms with Crippen molar-refractivity contribution in [2.24, 2.45) is 0 Å². The van der Waals surface area contributed by atoms with Gasteiger partial charge in [-0.25, -0.2) is 4.39 Å². The number of halogens is 1. The third kappa shape index (κ3) is 2.67. The van der Waals surface area contributed by atoms with Crippen molar-refractivity contribution in [3.05, 3.63) is 47.9 Å². The van der Waals surface area contributed by atoms with Gasteiger partial charge in [0.15, 0.2) is 0 Å². The van der Waals surface area contributed by atoms with Crippen molar-refractivity contribution >= 4 is 0 Å². The molecule has 0 aliphatic heterocycles. The first-order valence-corrected chi connectivity index (χ1v) is 5.99. The molecule has 1 aromatic carbocycles. The summed E-state index contributed by atoms with van der Waals surface area (Å²) in [6.45, 7) is 9.04. The van der Waals surface area contributed by atoms with Crippen molar-refractivity contribution in [2.75, 3.05) is 13.6 Å². The molecule has 0 unspecified atom stereocenters. The lowest BCUT2D eigenvalue weighted by Gasteiger charge is -2.36. The maximum absolute atomic E-state index is 13.0. The summed E-state index contributed by atoms with van der Waals surface area (Å²) in [7, 11) is 1.85. The highest BCUT2D eigenvalue weighted by Crippen LogP contribution is 2.30. The van der Waals surface area contributed by atoms with Crippen molar-refractivity contribution in [3.63, 3.8) is 0 Å². The minimum Gasteiger partial charge on any atom is -0.390 e. The van der Waals surface area contributed by atoms with Crippen LogP contribution in [0.25, 0.3) is 0 Å².